The summed E-state index contributed by atoms with van der Waals surface area (Å²) in [6.45, 7) is 0. The largest absolute Gasteiger partial charge is 0.368 e. The van der Waals surface area contributed by atoms with Gasteiger partial charge in [0.15, 0.2) is 0 Å². The molecule has 0 bridgehead atoms. The van der Waals surface area contributed by atoms with Gasteiger partial charge in [-0.25, -0.2) is 9.97 Å². The molecular formula is C15H14N4O. The van der Waals surface area contributed by atoms with Crippen LogP contribution < -0.4 is 5.73 Å². The molecule has 1 saturated carbocycles. The Hall–Kier alpha value is -2.43. The fourth-order valence-corrected chi connectivity index (χ4v) is 2.90. The molecule has 1 aromatic carbocycles. The summed E-state index contributed by atoms with van der Waals surface area (Å²) < 4.78 is 0. The van der Waals surface area contributed by atoms with Gasteiger partial charge < -0.3 is 10.6 Å². The molecule has 5 nitrogen and oxygen atoms in total. The van der Waals surface area contributed by atoms with E-state index in [1.165, 1.54) is 0 Å². The van der Waals surface area contributed by atoms with Gasteiger partial charge in [-0.2, -0.15) is 0 Å². The third-order valence-electron chi connectivity index (χ3n) is 3.95. The minimum absolute atomic E-state index is 0.0770. The molecule has 1 amide bonds. The number of amides is 1. The zero-order chi connectivity index (χ0) is 13.7. The second kappa shape index (κ2) is 4.03. The van der Waals surface area contributed by atoms with Crippen LogP contribution in [-0.2, 0) is 0 Å². The van der Waals surface area contributed by atoms with E-state index in [9.17, 15) is 4.79 Å². The Bertz CT molecular complexity index is 679. The summed E-state index contributed by atoms with van der Waals surface area (Å²) >= 11 is 0. The fourth-order valence-electron chi connectivity index (χ4n) is 2.90. The molecule has 1 aliphatic heterocycles. The number of nitrogen functional groups attached to an aromatic ring is 1. The molecule has 100 valence electrons. The third kappa shape index (κ3) is 1.59. The molecule has 0 saturated heterocycles. The van der Waals surface area contributed by atoms with Crippen LogP contribution in [0.5, 0.6) is 0 Å². The molecule has 1 unspecified atom stereocenters. The number of nitrogens with two attached hydrogens (primary N) is 1. The van der Waals surface area contributed by atoms with Crippen molar-refractivity contribution in [2.24, 2.45) is 0 Å². The molecule has 1 aromatic heterocycles. The van der Waals surface area contributed by atoms with Gasteiger partial charge >= 0.3 is 0 Å². The second-order valence-corrected chi connectivity index (χ2v) is 5.31. The van der Waals surface area contributed by atoms with Gasteiger partial charge in [0, 0.05) is 29.6 Å². The number of fused-ring (bicyclic) bond motifs is 1. The number of rotatable bonds is 2. The van der Waals surface area contributed by atoms with Crippen LogP contribution in [0.25, 0.3) is 0 Å². The highest BCUT2D eigenvalue weighted by molar-refractivity contribution is 6.00. The van der Waals surface area contributed by atoms with E-state index in [0.717, 1.165) is 29.5 Å². The minimum Gasteiger partial charge on any atom is -0.368 e. The second-order valence-electron chi connectivity index (χ2n) is 5.31. The highest BCUT2D eigenvalue weighted by atomic mass is 16.2. The van der Waals surface area contributed by atoms with Crippen molar-refractivity contribution >= 4 is 11.9 Å². The summed E-state index contributed by atoms with van der Waals surface area (Å²) in [5.41, 5.74) is 8.30. The first kappa shape index (κ1) is 11.4. The topological polar surface area (TPSA) is 72.1 Å². The van der Waals surface area contributed by atoms with E-state index in [-0.39, 0.29) is 17.9 Å². The van der Waals surface area contributed by atoms with Crippen molar-refractivity contribution in [3.8, 4) is 0 Å². The molecule has 0 spiro atoms. The van der Waals surface area contributed by atoms with Crippen molar-refractivity contribution in [1.82, 2.24) is 14.9 Å². The molecule has 1 atom stereocenters. The zero-order valence-electron chi connectivity index (χ0n) is 10.9. The smallest absolute Gasteiger partial charge is 0.255 e. The zero-order valence-corrected chi connectivity index (χ0v) is 10.9. The Morgan fingerprint density at radius 2 is 1.85 bits per heavy atom. The van der Waals surface area contributed by atoms with Crippen LogP contribution in [0.15, 0.2) is 36.7 Å². The molecule has 5 heteroatoms. The molecule has 1 aliphatic carbocycles. The average Bonchev–Trinajstić information content (AvgIpc) is 3.26. The third-order valence-corrected chi connectivity index (χ3v) is 3.95. The summed E-state index contributed by atoms with van der Waals surface area (Å²) in [7, 11) is 0. The molecule has 2 heterocycles. The predicted molar refractivity (Wildman–Crippen MR) is 73.9 cm³/mol. The van der Waals surface area contributed by atoms with Crippen molar-refractivity contribution in [3.05, 3.63) is 53.3 Å². The van der Waals surface area contributed by atoms with Crippen LogP contribution in [0.4, 0.5) is 5.95 Å². The van der Waals surface area contributed by atoms with Crippen LogP contribution in [0, 0.1) is 0 Å². The average molecular weight is 266 g/mol. The Kier molecular flexibility index (Phi) is 2.30. The van der Waals surface area contributed by atoms with E-state index < -0.39 is 0 Å². The van der Waals surface area contributed by atoms with Crippen molar-refractivity contribution in [3.63, 3.8) is 0 Å². The summed E-state index contributed by atoms with van der Waals surface area (Å²) in [4.78, 5) is 22.7. The summed E-state index contributed by atoms with van der Waals surface area (Å²) in [6, 6.07) is 8.04. The molecule has 2 aromatic rings. The number of hydrogen-bond acceptors (Lipinski definition) is 4. The predicted octanol–water partition coefficient (Wildman–Crippen LogP) is 1.77. The van der Waals surface area contributed by atoms with E-state index in [0.29, 0.717) is 6.04 Å². The van der Waals surface area contributed by atoms with Crippen molar-refractivity contribution in [2.45, 2.75) is 24.9 Å². The Labute approximate surface area is 116 Å². The van der Waals surface area contributed by atoms with E-state index in [1.807, 2.05) is 29.2 Å². The Morgan fingerprint density at radius 3 is 2.55 bits per heavy atom. The summed E-state index contributed by atoms with van der Waals surface area (Å²) in [5, 5.41) is 0. The molecule has 1 fully saturated rings. The van der Waals surface area contributed by atoms with Gasteiger partial charge in [-0.3, -0.25) is 4.79 Å². The van der Waals surface area contributed by atoms with Crippen molar-refractivity contribution in [1.29, 1.82) is 0 Å². The maximum Gasteiger partial charge on any atom is 0.255 e. The highest BCUT2D eigenvalue weighted by Gasteiger charge is 2.45. The number of hydrogen-bond donors (Lipinski definition) is 1. The SMILES string of the molecule is Nc1ncc(C2c3ccccc3C(=O)N2C2CC2)cn1. The van der Waals surface area contributed by atoms with Crippen LogP contribution in [0.1, 0.15) is 40.4 Å². The Morgan fingerprint density at radius 1 is 1.15 bits per heavy atom. The molecule has 4 rings (SSSR count). The van der Waals surface area contributed by atoms with Crippen LogP contribution in [-0.4, -0.2) is 26.8 Å². The first-order valence-electron chi connectivity index (χ1n) is 6.74. The van der Waals surface area contributed by atoms with Gasteiger partial charge in [-0.05, 0) is 24.5 Å². The van der Waals surface area contributed by atoms with Gasteiger partial charge in [0.1, 0.15) is 0 Å². The van der Waals surface area contributed by atoms with Gasteiger partial charge in [0.25, 0.3) is 5.91 Å². The maximum atomic E-state index is 12.6. The lowest BCUT2D eigenvalue weighted by Crippen LogP contribution is -2.31. The first-order chi connectivity index (χ1) is 9.75. The summed E-state index contributed by atoms with van der Waals surface area (Å²) in [5.74, 6) is 0.370. The highest BCUT2D eigenvalue weighted by Crippen LogP contribution is 2.44. The number of benzene rings is 1. The number of aromatic nitrogens is 2. The molecule has 2 aliphatic rings. The number of carbonyl (C=O) groups excluding carboxylic acids is 1. The fraction of sp³-hybridized carbons (Fsp3) is 0.267. The Balaban J connectivity index is 1.86. The summed E-state index contributed by atoms with van der Waals surface area (Å²) in [6.07, 6.45) is 5.59. The van der Waals surface area contributed by atoms with E-state index >= 15 is 0 Å². The lowest BCUT2D eigenvalue weighted by molar-refractivity contribution is 0.0735. The lowest BCUT2D eigenvalue weighted by Gasteiger charge is -2.25. The van der Waals surface area contributed by atoms with Gasteiger partial charge in [0.05, 0.1) is 6.04 Å². The molecular weight excluding hydrogens is 252 g/mol. The first-order valence-corrected chi connectivity index (χ1v) is 6.74. The van der Waals surface area contributed by atoms with Gasteiger partial charge in [-0.1, -0.05) is 18.2 Å². The lowest BCUT2D eigenvalue weighted by atomic mass is 10.0. The van der Waals surface area contributed by atoms with E-state index in [2.05, 4.69) is 9.97 Å². The van der Waals surface area contributed by atoms with E-state index in [1.54, 1.807) is 12.4 Å². The minimum atomic E-state index is -0.0770. The standard InChI is InChI=1S/C15H14N4O/c16-15-17-7-9(8-18-15)13-11-3-1-2-4-12(11)14(20)19(13)10-5-6-10/h1-4,7-8,10,13H,5-6H2,(H2,16,17,18). The number of carbonyl (C=O) groups is 1. The monoisotopic (exact) mass is 266 g/mol. The van der Waals surface area contributed by atoms with Gasteiger partial charge in [0.2, 0.25) is 5.95 Å². The quantitative estimate of drug-likeness (QED) is 0.899. The molecule has 0 radical (unpaired) electrons. The maximum absolute atomic E-state index is 12.6. The van der Waals surface area contributed by atoms with Crippen molar-refractivity contribution < 1.29 is 4.79 Å². The molecule has 20 heavy (non-hydrogen) atoms. The van der Waals surface area contributed by atoms with Crippen LogP contribution in [0.3, 0.4) is 0 Å². The van der Waals surface area contributed by atoms with Crippen LogP contribution >= 0.6 is 0 Å². The van der Waals surface area contributed by atoms with E-state index in [4.69, 9.17) is 5.73 Å². The molecule has 2 N–H and O–H groups in total. The van der Waals surface area contributed by atoms with Crippen LogP contribution in [0.2, 0.25) is 0 Å². The van der Waals surface area contributed by atoms with Gasteiger partial charge in [-0.15, -0.1) is 0 Å². The number of anilines is 1. The van der Waals surface area contributed by atoms with Crippen molar-refractivity contribution in [2.75, 3.05) is 5.73 Å². The normalized spacial score (nSPS) is 21.1. The number of nitrogens with zero attached hydrogens (tertiary/aromatic N) is 3.